The maximum atomic E-state index is 11.0. The monoisotopic (exact) mass is 237 g/mol. The number of amides is 1. The molecule has 17 heavy (non-hydrogen) atoms. The van der Waals surface area contributed by atoms with E-state index in [0.29, 0.717) is 13.0 Å². The van der Waals surface area contributed by atoms with E-state index in [4.69, 9.17) is 4.74 Å². The highest BCUT2D eigenvalue weighted by atomic mass is 16.5. The molecule has 0 saturated heterocycles. The van der Waals surface area contributed by atoms with Crippen molar-refractivity contribution in [3.05, 3.63) is 29.8 Å². The molecule has 0 heterocycles. The maximum absolute atomic E-state index is 11.0. The molecule has 1 amide bonds. The van der Waals surface area contributed by atoms with E-state index in [1.165, 1.54) is 6.92 Å². The Morgan fingerprint density at radius 3 is 2.82 bits per heavy atom. The van der Waals surface area contributed by atoms with Crippen molar-refractivity contribution >= 4 is 5.91 Å². The Hall–Kier alpha value is -1.55. The number of benzene rings is 1. The Balaban J connectivity index is 2.57. The number of carbonyl (C=O) groups excluding carboxylic acids is 1. The van der Waals surface area contributed by atoms with Crippen LogP contribution in [-0.2, 0) is 4.79 Å². The van der Waals surface area contributed by atoms with Gasteiger partial charge in [-0.25, -0.2) is 0 Å². The standard InChI is InChI=1S/C13H19NO3/c1-10(15)14(2)8-7-13(16)11-5-4-6-12(9-11)17-3/h4-6,9,13,16H,7-8H2,1-3H3/t13-/m1/s1. The first-order chi connectivity index (χ1) is 8.04. The summed E-state index contributed by atoms with van der Waals surface area (Å²) < 4.78 is 5.09. The molecule has 0 radical (unpaired) electrons. The van der Waals surface area contributed by atoms with E-state index in [1.807, 2.05) is 18.2 Å². The lowest BCUT2D eigenvalue weighted by molar-refractivity contribution is -0.127. The average Bonchev–Trinajstić information content (AvgIpc) is 2.35. The lowest BCUT2D eigenvalue weighted by Crippen LogP contribution is -2.26. The van der Waals surface area contributed by atoms with Crippen LogP contribution in [0.2, 0.25) is 0 Å². The fraction of sp³-hybridized carbons (Fsp3) is 0.462. The number of rotatable bonds is 5. The van der Waals surface area contributed by atoms with Gasteiger partial charge in [-0.05, 0) is 24.1 Å². The van der Waals surface area contributed by atoms with Crippen molar-refractivity contribution in [3.63, 3.8) is 0 Å². The zero-order chi connectivity index (χ0) is 12.8. The zero-order valence-electron chi connectivity index (χ0n) is 10.5. The second-order valence-electron chi connectivity index (χ2n) is 4.02. The highest BCUT2D eigenvalue weighted by molar-refractivity contribution is 5.72. The molecule has 94 valence electrons. The third-order valence-electron chi connectivity index (χ3n) is 2.75. The van der Waals surface area contributed by atoms with Gasteiger partial charge in [0.1, 0.15) is 5.75 Å². The Bertz CT molecular complexity index is 379. The molecular formula is C13H19NO3. The number of hydrogen-bond acceptors (Lipinski definition) is 3. The molecule has 0 aliphatic rings. The van der Waals surface area contributed by atoms with E-state index >= 15 is 0 Å². The molecule has 0 bridgehead atoms. The third-order valence-corrected chi connectivity index (χ3v) is 2.75. The van der Waals surface area contributed by atoms with E-state index in [1.54, 1.807) is 25.1 Å². The number of hydrogen-bond donors (Lipinski definition) is 1. The normalized spacial score (nSPS) is 12.0. The van der Waals surface area contributed by atoms with E-state index in [9.17, 15) is 9.90 Å². The Kier molecular flexibility index (Phi) is 4.97. The van der Waals surface area contributed by atoms with Crippen molar-refractivity contribution in [1.29, 1.82) is 0 Å². The van der Waals surface area contributed by atoms with Crippen molar-refractivity contribution in [2.45, 2.75) is 19.4 Å². The van der Waals surface area contributed by atoms with Crippen LogP contribution in [0.4, 0.5) is 0 Å². The molecule has 0 aliphatic heterocycles. The molecule has 0 unspecified atom stereocenters. The van der Waals surface area contributed by atoms with E-state index in [2.05, 4.69) is 0 Å². The van der Waals surface area contributed by atoms with Gasteiger partial charge in [-0.1, -0.05) is 12.1 Å². The fourth-order valence-corrected chi connectivity index (χ4v) is 1.49. The lowest BCUT2D eigenvalue weighted by atomic mass is 10.1. The van der Waals surface area contributed by atoms with Gasteiger partial charge in [0, 0.05) is 20.5 Å². The first-order valence-electron chi connectivity index (χ1n) is 5.58. The zero-order valence-corrected chi connectivity index (χ0v) is 10.5. The van der Waals surface area contributed by atoms with Gasteiger partial charge in [0.05, 0.1) is 13.2 Å². The summed E-state index contributed by atoms with van der Waals surface area (Å²) in [7, 11) is 3.32. The van der Waals surface area contributed by atoms with Crippen molar-refractivity contribution in [2.24, 2.45) is 0 Å². The molecule has 1 aromatic carbocycles. The summed E-state index contributed by atoms with van der Waals surface area (Å²) in [5, 5.41) is 9.98. The van der Waals surface area contributed by atoms with Gasteiger partial charge in [0.2, 0.25) is 5.91 Å². The molecular weight excluding hydrogens is 218 g/mol. The van der Waals surface area contributed by atoms with Crippen LogP contribution in [0, 0.1) is 0 Å². The van der Waals surface area contributed by atoms with Gasteiger partial charge in [-0.2, -0.15) is 0 Å². The molecule has 0 saturated carbocycles. The summed E-state index contributed by atoms with van der Waals surface area (Å²) in [4.78, 5) is 12.6. The van der Waals surface area contributed by atoms with Crippen LogP contribution in [0.3, 0.4) is 0 Å². The predicted molar refractivity (Wildman–Crippen MR) is 65.9 cm³/mol. The number of aliphatic hydroxyl groups excluding tert-OH is 1. The topological polar surface area (TPSA) is 49.8 Å². The minimum atomic E-state index is -0.577. The van der Waals surface area contributed by atoms with Crippen molar-refractivity contribution < 1.29 is 14.6 Å². The van der Waals surface area contributed by atoms with Gasteiger partial charge in [0.15, 0.2) is 0 Å². The molecule has 0 aromatic heterocycles. The predicted octanol–water partition coefficient (Wildman–Crippen LogP) is 1.60. The molecule has 4 nitrogen and oxygen atoms in total. The molecule has 0 spiro atoms. The summed E-state index contributed by atoms with van der Waals surface area (Å²) in [6.45, 7) is 2.05. The van der Waals surface area contributed by atoms with Crippen LogP contribution in [0.25, 0.3) is 0 Å². The minimum Gasteiger partial charge on any atom is -0.497 e. The summed E-state index contributed by atoms with van der Waals surface area (Å²) >= 11 is 0. The quantitative estimate of drug-likeness (QED) is 0.846. The molecule has 1 rings (SSSR count). The molecule has 0 fully saturated rings. The first-order valence-corrected chi connectivity index (χ1v) is 5.58. The van der Waals surface area contributed by atoms with E-state index < -0.39 is 6.10 Å². The van der Waals surface area contributed by atoms with Gasteiger partial charge >= 0.3 is 0 Å². The van der Waals surface area contributed by atoms with E-state index in [-0.39, 0.29) is 5.91 Å². The van der Waals surface area contributed by atoms with Crippen molar-refractivity contribution in [3.8, 4) is 5.75 Å². The van der Waals surface area contributed by atoms with Crippen LogP contribution in [0.1, 0.15) is 25.0 Å². The SMILES string of the molecule is COc1cccc([C@H](O)CCN(C)C(C)=O)c1. The summed E-state index contributed by atoms with van der Waals surface area (Å²) in [5.74, 6) is 0.726. The van der Waals surface area contributed by atoms with Crippen molar-refractivity contribution in [2.75, 3.05) is 20.7 Å². The van der Waals surface area contributed by atoms with Crippen LogP contribution in [0.5, 0.6) is 5.75 Å². The van der Waals surface area contributed by atoms with Gasteiger partial charge in [-0.3, -0.25) is 4.79 Å². The minimum absolute atomic E-state index is 0.00263. The van der Waals surface area contributed by atoms with Gasteiger partial charge < -0.3 is 14.7 Å². The van der Waals surface area contributed by atoms with Gasteiger partial charge in [0.25, 0.3) is 0 Å². The first kappa shape index (κ1) is 13.5. The molecule has 1 atom stereocenters. The number of carbonyl (C=O) groups is 1. The summed E-state index contributed by atoms with van der Waals surface area (Å²) in [6, 6.07) is 7.32. The highest BCUT2D eigenvalue weighted by Gasteiger charge is 2.10. The Morgan fingerprint density at radius 1 is 1.53 bits per heavy atom. The van der Waals surface area contributed by atoms with Gasteiger partial charge in [-0.15, -0.1) is 0 Å². The summed E-state index contributed by atoms with van der Waals surface area (Å²) in [5.41, 5.74) is 0.807. The van der Waals surface area contributed by atoms with Crippen molar-refractivity contribution in [1.82, 2.24) is 4.90 Å². The average molecular weight is 237 g/mol. The number of aliphatic hydroxyl groups is 1. The largest absolute Gasteiger partial charge is 0.497 e. The highest BCUT2D eigenvalue weighted by Crippen LogP contribution is 2.21. The Morgan fingerprint density at radius 2 is 2.24 bits per heavy atom. The van der Waals surface area contributed by atoms with Crippen LogP contribution < -0.4 is 4.74 Å². The molecule has 1 N–H and O–H groups in total. The maximum Gasteiger partial charge on any atom is 0.219 e. The van der Waals surface area contributed by atoms with Crippen LogP contribution in [-0.4, -0.2) is 36.6 Å². The van der Waals surface area contributed by atoms with Crippen LogP contribution in [0.15, 0.2) is 24.3 Å². The number of nitrogens with zero attached hydrogens (tertiary/aromatic N) is 1. The number of methoxy groups -OCH3 is 1. The third kappa shape index (κ3) is 4.07. The summed E-state index contributed by atoms with van der Waals surface area (Å²) in [6.07, 6.45) is -0.0598. The van der Waals surface area contributed by atoms with Crippen LogP contribution >= 0.6 is 0 Å². The molecule has 4 heteroatoms. The second-order valence-corrected chi connectivity index (χ2v) is 4.02. The number of ether oxygens (including phenoxy) is 1. The second kappa shape index (κ2) is 6.25. The molecule has 1 aromatic rings. The molecule has 0 aliphatic carbocycles. The lowest BCUT2D eigenvalue weighted by Gasteiger charge is -2.18. The smallest absolute Gasteiger partial charge is 0.219 e. The van der Waals surface area contributed by atoms with E-state index in [0.717, 1.165) is 11.3 Å². The fourth-order valence-electron chi connectivity index (χ4n) is 1.49. The Labute approximate surface area is 102 Å².